The maximum Gasteiger partial charge on any atom is 0.335 e. The van der Waals surface area contributed by atoms with E-state index in [1.807, 2.05) is 0 Å². The molecule has 8 heteroatoms. The number of carbonyl (C=O) groups excluding carboxylic acids is 3. The van der Waals surface area contributed by atoms with Crippen molar-refractivity contribution < 1.29 is 23.5 Å². The lowest BCUT2D eigenvalue weighted by Crippen LogP contribution is -2.54. The third-order valence-corrected chi connectivity index (χ3v) is 4.65. The fraction of sp³-hybridized carbons (Fsp3) is 0.0500. The van der Waals surface area contributed by atoms with Gasteiger partial charge >= 0.3 is 6.03 Å². The van der Waals surface area contributed by atoms with Gasteiger partial charge in [-0.2, -0.15) is 0 Å². The Bertz CT molecular complexity index is 1000. The first-order valence-electron chi connectivity index (χ1n) is 8.11. The van der Waals surface area contributed by atoms with Crippen molar-refractivity contribution >= 4 is 52.2 Å². The highest BCUT2D eigenvalue weighted by molar-refractivity contribution is 14.1. The standard InChI is InChI=1S/C20H14FIN2O4/c1-2-9-28-17-8-3-12(11-16(17)22)10-15-18(25)23-20(27)24(19(15)26)14-6-4-13(21)5-7-14/h2-8,10-11H,1,9H2,(H,23,25,27)/b15-10-. The molecular formula is C20H14FIN2O4. The Labute approximate surface area is 173 Å². The summed E-state index contributed by atoms with van der Waals surface area (Å²) in [5, 5.41) is 2.12. The first kappa shape index (κ1) is 19.7. The number of hydrogen-bond acceptors (Lipinski definition) is 4. The van der Waals surface area contributed by atoms with Gasteiger partial charge in [-0.3, -0.25) is 14.9 Å². The van der Waals surface area contributed by atoms with Crippen LogP contribution in [-0.4, -0.2) is 24.5 Å². The Balaban J connectivity index is 1.93. The molecule has 1 fully saturated rings. The molecule has 0 aromatic heterocycles. The first-order chi connectivity index (χ1) is 13.4. The van der Waals surface area contributed by atoms with E-state index in [1.54, 1.807) is 24.3 Å². The molecule has 1 saturated heterocycles. The summed E-state index contributed by atoms with van der Waals surface area (Å²) < 4.78 is 19.4. The summed E-state index contributed by atoms with van der Waals surface area (Å²) in [6.07, 6.45) is 3.01. The molecule has 1 aliphatic rings. The summed E-state index contributed by atoms with van der Waals surface area (Å²) in [4.78, 5) is 37.9. The van der Waals surface area contributed by atoms with Crippen LogP contribution in [0.5, 0.6) is 5.75 Å². The van der Waals surface area contributed by atoms with Gasteiger partial charge in [-0.1, -0.05) is 18.7 Å². The molecule has 4 amide bonds. The second kappa shape index (κ2) is 8.34. The number of halogens is 2. The van der Waals surface area contributed by atoms with Crippen LogP contribution >= 0.6 is 22.6 Å². The molecule has 28 heavy (non-hydrogen) atoms. The van der Waals surface area contributed by atoms with Crippen molar-refractivity contribution in [1.29, 1.82) is 0 Å². The number of anilines is 1. The van der Waals surface area contributed by atoms with Gasteiger partial charge in [0.2, 0.25) is 0 Å². The Hall–Kier alpha value is -3.01. The highest BCUT2D eigenvalue weighted by Gasteiger charge is 2.36. The average molecular weight is 492 g/mol. The number of barbiturate groups is 1. The van der Waals surface area contributed by atoms with Crippen LogP contribution in [0.1, 0.15) is 5.56 Å². The van der Waals surface area contributed by atoms with Crippen molar-refractivity contribution in [2.75, 3.05) is 11.5 Å². The molecular weight excluding hydrogens is 478 g/mol. The van der Waals surface area contributed by atoms with Gasteiger partial charge in [-0.05, 0) is 70.6 Å². The maximum absolute atomic E-state index is 13.1. The first-order valence-corrected chi connectivity index (χ1v) is 9.19. The van der Waals surface area contributed by atoms with Gasteiger partial charge in [0, 0.05) is 0 Å². The number of amides is 4. The number of urea groups is 1. The largest absolute Gasteiger partial charge is 0.488 e. The summed E-state index contributed by atoms with van der Waals surface area (Å²) >= 11 is 2.08. The molecule has 0 spiro atoms. The zero-order valence-electron chi connectivity index (χ0n) is 14.4. The molecule has 142 valence electrons. The van der Waals surface area contributed by atoms with E-state index in [9.17, 15) is 18.8 Å². The third kappa shape index (κ3) is 4.11. The minimum Gasteiger partial charge on any atom is -0.488 e. The molecule has 3 rings (SSSR count). The summed E-state index contributed by atoms with van der Waals surface area (Å²) in [6, 6.07) is 9.08. The third-order valence-electron chi connectivity index (χ3n) is 3.81. The lowest BCUT2D eigenvalue weighted by Gasteiger charge is -2.26. The second-order valence-electron chi connectivity index (χ2n) is 5.72. The Morgan fingerprint density at radius 2 is 1.86 bits per heavy atom. The van der Waals surface area contributed by atoms with Crippen LogP contribution in [0.4, 0.5) is 14.9 Å². The van der Waals surface area contributed by atoms with Crippen LogP contribution in [0, 0.1) is 9.39 Å². The van der Waals surface area contributed by atoms with Crippen LogP contribution in [0.25, 0.3) is 6.08 Å². The minimum atomic E-state index is -0.887. The number of nitrogens with one attached hydrogen (secondary N) is 1. The Kier molecular flexibility index (Phi) is 5.88. The van der Waals surface area contributed by atoms with E-state index in [0.29, 0.717) is 17.9 Å². The zero-order chi connectivity index (χ0) is 20.3. The molecule has 1 N–H and O–H groups in total. The molecule has 2 aromatic carbocycles. The second-order valence-corrected chi connectivity index (χ2v) is 6.89. The van der Waals surface area contributed by atoms with Crippen molar-refractivity contribution in [3.8, 4) is 5.75 Å². The number of rotatable bonds is 5. The number of nitrogens with zero attached hydrogens (tertiary/aromatic N) is 1. The number of benzene rings is 2. The predicted octanol–water partition coefficient (Wildman–Crippen LogP) is 3.66. The number of imide groups is 2. The molecule has 0 aliphatic carbocycles. The van der Waals surface area contributed by atoms with Crippen LogP contribution in [0.3, 0.4) is 0 Å². The van der Waals surface area contributed by atoms with E-state index >= 15 is 0 Å². The van der Waals surface area contributed by atoms with Crippen molar-refractivity contribution in [2.45, 2.75) is 0 Å². The molecule has 6 nitrogen and oxygen atoms in total. The van der Waals surface area contributed by atoms with Gasteiger partial charge in [0.15, 0.2) is 0 Å². The van der Waals surface area contributed by atoms with Gasteiger partial charge in [0.05, 0.1) is 9.26 Å². The molecule has 0 bridgehead atoms. The Morgan fingerprint density at radius 3 is 2.50 bits per heavy atom. The predicted molar refractivity (Wildman–Crippen MR) is 110 cm³/mol. The summed E-state index contributed by atoms with van der Waals surface area (Å²) in [6.45, 7) is 3.94. The van der Waals surface area contributed by atoms with Crippen LogP contribution < -0.4 is 15.0 Å². The van der Waals surface area contributed by atoms with Crippen LogP contribution in [0.2, 0.25) is 0 Å². The topological polar surface area (TPSA) is 75.7 Å². The monoisotopic (exact) mass is 492 g/mol. The van der Waals surface area contributed by atoms with E-state index in [4.69, 9.17) is 4.74 Å². The van der Waals surface area contributed by atoms with Crippen LogP contribution in [0.15, 0.2) is 60.7 Å². The highest BCUT2D eigenvalue weighted by Crippen LogP contribution is 2.25. The normalized spacial score (nSPS) is 15.6. The van der Waals surface area contributed by atoms with Crippen molar-refractivity contribution in [1.82, 2.24) is 5.32 Å². The fourth-order valence-corrected chi connectivity index (χ4v) is 3.22. The molecule has 1 heterocycles. The average Bonchev–Trinajstić information content (AvgIpc) is 2.66. The summed E-state index contributed by atoms with van der Waals surface area (Å²) in [5.41, 5.74) is 0.534. The number of hydrogen-bond donors (Lipinski definition) is 1. The van der Waals surface area contributed by atoms with Gasteiger partial charge in [0.1, 0.15) is 23.7 Å². The quantitative estimate of drug-likeness (QED) is 0.299. The van der Waals surface area contributed by atoms with Gasteiger partial charge in [-0.15, -0.1) is 0 Å². The summed E-state index contributed by atoms with van der Waals surface area (Å²) in [7, 11) is 0. The molecule has 1 aliphatic heterocycles. The number of carbonyl (C=O) groups is 3. The fourth-order valence-electron chi connectivity index (χ4n) is 2.52. The molecule has 0 atom stereocenters. The molecule has 0 unspecified atom stereocenters. The van der Waals surface area contributed by atoms with Crippen molar-refractivity contribution in [2.24, 2.45) is 0 Å². The van der Waals surface area contributed by atoms with Crippen molar-refractivity contribution in [3.05, 3.63) is 75.6 Å². The Morgan fingerprint density at radius 1 is 1.14 bits per heavy atom. The molecule has 0 radical (unpaired) electrons. The number of ether oxygens (including phenoxy) is 1. The molecule has 2 aromatic rings. The minimum absolute atomic E-state index is 0.157. The SMILES string of the molecule is C=CCOc1ccc(/C=C2/C(=O)NC(=O)N(c3ccc(F)cc3)C2=O)cc1I. The van der Waals surface area contributed by atoms with Gasteiger partial charge in [0.25, 0.3) is 11.8 Å². The van der Waals surface area contributed by atoms with E-state index in [-0.39, 0.29) is 11.3 Å². The smallest absolute Gasteiger partial charge is 0.335 e. The highest BCUT2D eigenvalue weighted by atomic mass is 127. The van der Waals surface area contributed by atoms with Gasteiger partial charge in [-0.25, -0.2) is 14.1 Å². The van der Waals surface area contributed by atoms with Crippen LogP contribution in [-0.2, 0) is 9.59 Å². The van der Waals surface area contributed by atoms with E-state index in [2.05, 4.69) is 34.5 Å². The van der Waals surface area contributed by atoms with E-state index < -0.39 is 23.7 Å². The maximum atomic E-state index is 13.1. The zero-order valence-corrected chi connectivity index (χ0v) is 16.6. The van der Waals surface area contributed by atoms with E-state index in [1.165, 1.54) is 18.2 Å². The van der Waals surface area contributed by atoms with E-state index in [0.717, 1.165) is 20.6 Å². The van der Waals surface area contributed by atoms with Gasteiger partial charge < -0.3 is 4.74 Å². The molecule has 0 saturated carbocycles. The lowest BCUT2D eigenvalue weighted by atomic mass is 10.1. The summed E-state index contributed by atoms with van der Waals surface area (Å²) in [5.74, 6) is -1.45. The lowest BCUT2D eigenvalue weighted by molar-refractivity contribution is -0.122. The van der Waals surface area contributed by atoms with Crippen molar-refractivity contribution in [3.63, 3.8) is 0 Å².